The number of imide groups is 1. The summed E-state index contributed by atoms with van der Waals surface area (Å²) in [6, 6.07) is 6.99. The smallest absolute Gasteiger partial charge is 0.261 e. The predicted molar refractivity (Wildman–Crippen MR) is 115 cm³/mol. The summed E-state index contributed by atoms with van der Waals surface area (Å²) in [7, 11) is 0. The van der Waals surface area contributed by atoms with E-state index in [1.165, 1.54) is 9.78 Å². The third kappa shape index (κ3) is 5.20. The second kappa shape index (κ2) is 10.2. The molecule has 2 amide bonds. The first-order chi connectivity index (χ1) is 14.1. The van der Waals surface area contributed by atoms with Gasteiger partial charge in [0.2, 0.25) is 0 Å². The molecule has 0 radical (unpaired) electrons. The van der Waals surface area contributed by atoms with Gasteiger partial charge in [-0.1, -0.05) is 19.1 Å². The van der Waals surface area contributed by atoms with Gasteiger partial charge in [-0.05, 0) is 38.3 Å². The Kier molecular flexibility index (Phi) is 7.35. The molecule has 1 aromatic carbocycles. The van der Waals surface area contributed by atoms with Gasteiger partial charge in [0, 0.05) is 30.7 Å². The van der Waals surface area contributed by atoms with Crippen molar-refractivity contribution in [2.45, 2.75) is 39.7 Å². The number of guanidine groups is 1. The minimum atomic E-state index is -0.191. The average molecular weight is 414 g/mol. The van der Waals surface area contributed by atoms with Crippen molar-refractivity contribution in [3.05, 3.63) is 51.5 Å². The number of carbonyl (C=O) groups is 2. The number of rotatable bonds is 9. The molecular formula is C21H27N5O2S. The second-order valence-corrected chi connectivity index (χ2v) is 7.91. The first kappa shape index (κ1) is 21.0. The maximum Gasteiger partial charge on any atom is 0.261 e. The lowest BCUT2D eigenvalue weighted by Crippen LogP contribution is -2.38. The van der Waals surface area contributed by atoms with Crippen LogP contribution in [0.1, 0.15) is 57.3 Å². The van der Waals surface area contributed by atoms with Crippen LogP contribution in [-0.4, -0.2) is 47.3 Å². The van der Waals surface area contributed by atoms with Crippen LogP contribution in [0.2, 0.25) is 0 Å². The summed E-state index contributed by atoms with van der Waals surface area (Å²) in [6.45, 7) is 6.62. The molecule has 0 saturated heterocycles. The molecule has 8 heteroatoms. The van der Waals surface area contributed by atoms with Crippen LogP contribution in [0.3, 0.4) is 0 Å². The number of fused-ring (bicyclic) bond motifs is 1. The molecule has 29 heavy (non-hydrogen) atoms. The minimum Gasteiger partial charge on any atom is -0.357 e. The van der Waals surface area contributed by atoms with Crippen LogP contribution < -0.4 is 10.6 Å². The number of unbranched alkanes of at least 4 members (excludes halogenated alkanes) is 1. The van der Waals surface area contributed by atoms with Crippen LogP contribution >= 0.6 is 11.3 Å². The molecule has 1 aromatic heterocycles. The van der Waals surface area contributed by atoms with E-state index in [1.54, 1.807) is 35.6 Å². The lowest BCUT2D eigenvalue weighted by Gasteiger charge is -2.14. The number of benzene rings is 1. The Labute approximate surface area is 175 Å². The summed E-state index contributed by atoms with van der Waals surface area (Å²) >= 11 is 1.69. The van der Waals surface area contributed by atoms with Gasteiger partial charge in [0.1, 0.15) is 5.01 Å². The summed E-state index contributed by atoms with van der Waals surface area (Å²) in [5.41, 5.74) is 1.01. The number of hydrogen-bond acceptors (Lipinski definition) is 5. The quantitative estimate of drug-likeness (QED) is 0.286. The molecule has 0 aliphatic carbocycles. The van der Waals surface area contributed by atoms with Gasteiger partial charge in [-0.2, -0.15) is 0 Å². The van der Waals surface area contributed by atoms with Crippen molar-refractivity contribution in [3.63, 3.8) is 0 Å². The third-order valence-electron chi connectivity index (χ3n) is 4.65. The summed E-state index contributed by atoms with van der Waals surface area (Å²) in [4.78, 5) is 36.3. The fraction of sp³-hybridized carbons (Fsp3) is 0.429. The number of hydrogen-bond donors (Lipinski definition) is 2. The molecule has 1 aliphatic rings. The fourth-order valence-electron chi connectivity index (χ4n) is 3.12. The fourth-order valence-corrected chi connectivity index (χ4v) is 3.90. The van der Waals surface area contributed by atoms with Crippen molar-refractivity contribution in [3.8, 4) is 0 Å². The number of carbonyl (C=O) groups excluding carboxylic acids is 2. The maximum atomic E-state index is 12.4. The zero-order valence-corrected chi connectivity index (χ0v) is 17.7. The largest absolute Gasteiger partial charge is 0.357 e. The Morgan fingerprint density at radius 1 is 1.10 bits per heavy atom. The Hall–Kier alpha value is -2.74. The van der Waals surface area contributed by atoms with Crippen molar-refractivity contribution in [1.82, 2.24) is 20.5 Å². The molecular weight excluding hydrogens is 386 g/mol. The lowest BCUT2D eigenvalue weighted by atomic mass is 10.1. The second-order valence-electron chi connectivity index (χ2n) is 6.71. The molecule has 0 fully saturated rings. The van der Waals surface area contributed by atoms with Crippen LogP contribution in [0.4, 0.5) is 0 Å². The zero-order chi connectivity index (χ0) is 20.6. The standard InChI is InChI=1S/C21H27N5O2S/c1-3-15-13-24-18(29-15)14-25-21(22-4-2)23-11-7-8-12-26-19(27)16-9-5-6-10-17(16)20(26)28/h5-6,9-10,13H,3-4,7-8,11-12,14H2,1-2H3,(H2,22,23,25). The SMILES string of the molecule is CCNC(=NCc1ncc(CC)s1)NCCCCN1C(=O)c2ccccc2C1=O. The first-order valence-corrected chi connectivity index (χ1v) is 10.9. The van der Waals surface area contributed by atoms with Crippen LogP contribution in [-0.2, 0) is 13.0 Å². The van der Waals surface area contributed by atoms with Gasteiger partial charge in [0.15, 0.2) is 5.96 Å². The van der Waals surface area contributed by atoms with Crippen molar-refractivity contribution in [1.29, 1.82) is 0 Å². The van der Waals surface area contributed by atoms with E-state index in [4.69, 9.17) is 0 Å². The van der Waals surface area contributed by atoms with E-state index in [0.29, 0.717) is 30.8 Å². The molecule has 7 nitrogen and oxygen atoms in total. The number of aromatic nitrogens is 1. The van der Waals surface area contributed by atoms with Crippen LogP contribution in [0.25, 0.3) is 0 Å². The molecule has 0 unspecified atom stereocenters. The van der Waals surface area contributed by atoms with Crippen LogP contribution in [0.15, 0.2) is 35.5 Å². The van der Waals surface area contributed by atoms with Crippen molar-refractivity contribution in [2.75, 3.05) is 19.6 Å². The highest BCUT2D eigenvalue weighted by molar-refractivity contribution is 7.11. The lowest BCUT2D eigenvalue weighted by molar-refractivity contribution is 0.0652. The summed E-state index contributed by atoms with van der Waals surface area (Å²) in [5, 5.41) is 7.54. The molecule has 154 valence electrons. The van der Waals surface area contributed by atoms with Gasteiger partial charge in [-0.25, -0.2) is 9.98 Å². The molecule has 0 spiro atoms. The van der Waals surface area contributed by atoms with Crippen molar-refractivity contribution >= 4 is 29.1 Å². The topological polar surface area (TPSA) is 86.7 Å². The van der Waals surface area contributed by atoms with Gasteiger partial charge >= 0.3 is 0 Å². The van der Waals surface area contributed by atoms with E-state index < -0.39 is 0 Å². The van der Waals surface area contributed by atoms with Crippen molar-refractivity contribution in [2.24, 2.45) is 4.99 Å². The normalized spacial score (nSPS) is 13.7. The van der Waals surface area contributed by atoms with E-state index in [1.807, 2.05) is 13.1 Å². The highest BCUT2D eigenvalue weighted by atomic mass is 32.1. The molecule has 0 atom stereocenters. The van der Waals surface area contributed by atoms with Gasteiger partial charge in [0.25, 0.3) is 11.8 Å². The predicted octanol–water partition coefficient (Wildman–Crippen LogP) is 2.84. The number of nitrogens with one attached hydrogen (secondary N) is 2. The third-order valence-corrected chi connectivity index (χ3v) is 5.77. The van der Waals surface area contributed by atoms with E-state index in [-0.39, 0.29) is 11.8 Å². The minimum absolute atomic E-state index is 0.191. The number of amides is 2. The summed E-state index contributed by atoms with van der Waals surface area (Å²) in [6.07, 6.45) is 4.47. The van der Waals surface area contributed by atoms with Crippen LogP contribution in [0, 0.1) is 0 Å². The highest BCUT2D eigenvalue weighted by Gasteiger charge is 2.34. The first-order valence-electron chi connectivity index (χ1n) is 10.0. The van der Waals surface area contributed by atoms with Gasteiger partial charge in [0.05, 0.1) is 17.7 Å². The van der Waals surface area contributed by atoms with Gasteiger partial charge in [-0.3, -0.25) is 14.5 Å². The van der Waals surface area contributed by atoms with Gasteiger partial charge < -0.3 is 10.6 Å². The molecule has 1 aliphatic heterocycles. The molecule has 2 aromatic rings. The summed E-state index contributed by atoms with van der Waals surface area (Å²) < 4.78 is 0. The Bertz CT molecular complexity index is 858. The van der Waals surface area contributed by atoms with Crippen LogP contribution in [0.5, 0.6) is 0 Å². The maximum absolute atomic E-state index is 12.4. The molecule has 0 saturated carbocycles. The van der Waals surface area contributed by atoms with Gasteiger partial charge in [-0.15, -0.1) is 11.3 Å². The average Bonchev–Trinajstić information content (AvgIpc) is 3.30. The molecule has 3 rings (SSSR count). The Morgan fingerprint density at radius 3 is 2.45 bits per heavy atom. The summed E-state index contributed by atoms with van der Waals surface area (Å²) in [5.74, 6) is 0.369. The number of aryl methyl sites for hydroxylation is 1. The molecule has 2 heterocycles. The number of aliphatic imine (C=N–C) groups is 1. The Balaban J connectivity index is 1.43. The van der Waals surface area contributed by atoms with E-state index in [2.05, 4.69) is 27.5 Å². The molecule has 0 bridgehead atoms. The van der Waals surface area contributed by atoms with Crippen molar-refractivity contribution < 1.29 is 9.59 Å². The Morgan fingerprint density at radius 2 is 1.83 bits per heavy atom. The van der Waals surface area contributed by atoms with E-state index >= 15 is 0 Å². The monoisotopic (exact) mass is 413 g/mol. The highest BCUT2D eigenvalue weighted by Crippen LogP contribution is 2.22. The van der Waals surface area contributed by atoms with E-state index in [9.17, 15) is 9.59 Å². The molecule has 2 N–H and O–H groups in total. The zero-order valence-electron chi connectivity index (χ0n) is 16.9. The number of thiazole rings is 1. The number of nitrogens with zero attached hydrogens (tertiary/aromatic N) is 3. The van der Waals surface area contributed by atoms with E-state index in [0.717, 1.165) is 36.8 Å².